The number of hydrogen-bond acceptors (Lipinski definition) is 4. The third-order valence-electron chi connectivity index (χ3n) is 4.58. The highest BCUT2D eigenvalue weighted by Gasteiger charge is 2.36. The van der Waals surface area contributed by atoms with Crippen LogP contribution in [-0.4, -0.2) is 33.6 Å². The van der Waals surface area contributed by atoms with Gasteiger partial charge in [0.2, 0.25) is 0 Å². The monoisotopic (exact) mass is 367 g/mol. The van der Waals surface area contributed by atoms with Crippen molar-refractivity contribution in [3.63, 3.8) is 0 Å². The minimum Gasteiger partial charge on any atom is -0.493 e. The van der Waals surface area contributed by atoms with Gasteiger partial charge in [0, 0.05) is 17.6 Å². The van der Waals surface area contributed by atoms with Gasteiger partial charge in [0.25, 0.3) is 0 Å². The van der Waals surface area contributed by atoms with Crippen molar-refractivity contribution in [1.29, 1.82) is 0 Å². The molecule has 0 aliphatic rings. The van der Waals surface area contributed by atoms with Crippen LogP contribution in [0.25, 0.3) is 10.9 Å². The summed E-state index contributed by atoms with van der Waals surface area (Å²) in [6, 6.07) is 5.47. The van der Waals surface area contributed by atoms with Crippen LogP contribution >= 0.6 is 11.6 Å². The van der Waals surface area contributed by atoms with Gasteiger partial charge in [0.15, 0.2) is 19.8 Å². The van der Waals surface area contributed by atoms with Crippen LogP contribution in [0.1, 0.15) is 20.8 Å². The Morgan fingerprint density at radius 2 is 1.83 bits per heavy atom. The summed E-state index contributed by atoms with van der Waals surface area (Å²) in [6.45, 7) is 12.2. The molecule has 132 valence electrons. The first-order valence-corrected chi connectivity index (χ1v) is 11.3. The summed E-state index contributed by atoms with van der Waals surface area (Å²) in [6.07, 6.45) is 1.68. The molecule has 1 aromatic carbocycles. The Morgan fingerprint density at radius 3 is 2.46 bits per heavy atom. The molecule has 0 amide bonds. The fourth-order valence-electron chi connectivity index (χ4n) is 2.06. The van der Waals surface area contributed by atoms with Crippen LogP contribution in [0.4, 0.5) is 0 Å². The summed E-state index contributed by atoms with van der Waals surface area (Å²) in [4.78, 5) is 4.33. The minimum atomic E-state index is -1.76. The zero-order valence-electron chi connectivity index (χ0n) is 15.3. The number of benzene rings is 1. The topological polar surface area (TPSA) is 40.6 Å². The summed E-state index contributed by atoms with van der Waals surface area (Å²) in [7, 11) is -0.142. The highest BCUT2D eigenvalue weighted by atomic mass is 35.5. The number of rotatable bonds is 6. The van der Waals surface area contributed by atoms with Crippen LogP contribution in [0.2, 0.25) is 23.2 Å². The van der Waals surface area contributed by atoms with Gasteiger partial charge < -0.3 is 13.9 Å². The fourth-order valence-corrected chi connectivity index (χ4v) is 3.29. The minimum absolute atomic E-state index is 0.189. The van der Waals surface area contributed by atoms with Crippen LogP contribution in [0, 0.1) is 0 Å². The molecule has 24 heavy (non-hydrogen) atoms. The van der Waals surface area contributed by atoms with Crippen LogP contribution in [0.15, 0.2) is 24.4 Å². The fraction of sp³-hybridized carbons (Fsp3) is 0.500. The largest absolute Gasteiger partial charge is 0.493 e. The lowest BCUT2D eigenvalue weighted by atomic mass is 10.2. The van der Waals surface area contributed by atoms with Gasteiger partial charge in [-0.15, -0.1) is 0 Å². The lowest BCUT2D eigenvalue weighted by Crippen LogP contribution is -2.41. The van der Waals surface area contributed by atoms with Gasteiger partial charge in [-0.3, -0.25) is 4.98 Å². The number of methoxy groups -OCH3 is 1. The molecular weight excluding hydrogens is 342 g/mol. The van der Waals surface area contributed by atoms with E-state index in [0.717, 1.165) is 10.9 Å². The van der Waals surface area contributed by atoms with E-state index < -0.39 is 8.32 Å². The van der Waals surface area contributed by atoms with E-state index in [2.05, 4.69) is 38.8 Å². The predicted molar refractivity (Wildman–Crippen MR) is 102 cm³/mol. The zero-order valence-corrected chi connectivity index (χ0v) is 17.0. The molecular formula is C18H26ClNO3Si. The maximum Gasteiger partial charge on any atom is 0.192 e. The summed E-state index contributed by atoms with van der Waals surface area (Å²) in [5, 5.41) is 1.68. The quantitative estimate of drug-likeness (QED) is 0.513. The molecule has 0 spiro atoms. The van der Waals surface area contributed by atoms with Crippen molar-refractivity contribution in [2.75, 3.05) is 20.3 Å². The Labute approximate surface area is 150 Å². The van der Waals surface area contributed by atoms with Crippen molar-refractivity contribution < 1.29 is 13.9 Å². The van der Waals surface area contributed by atoms with Gasteiger partial charge in [0.1, 0.15) is 6.61 Å². The Balaban J connectivity index is 2.07. The van der Waals surface area contributed by atoms with Gasteiger partial charge in [-0.2, -0.15) is 0 Å². The first-order valence-electron chi connectivity index (χ1n) is 8.05. The molecule has 0 atom stereocenters. The second-order valence-corrected chi connectivity index (χ2v) is 12.5. The number of nitrogens with zero attached hydrogens (tertiary/aromatic N) is 1. The summed E-state index contributed by atoms with van der Waals surface area (Å²) in [5.74, 6) is 1.29. The smallest absolute Gasteiger partial charge is 0.192 e. The molecule has 0 bridgehead atoms. The number of ether oxygens (including phenoxy) is 2. The molecule has 6 heteroatoms. The first kappa shape index (κ1) is 19.0. The van der Waals surface area contributed by atoms with Crippen LogP contribution in [-0.2, 0) is 4.43 Å². The van der Waals surface area contributed by atoms with E-state index in [-0.39, 0.29) is 5.04 Å². The average molecular weight is 368 g/mol. The molecule has 0 saturated carbocycles. The maximum atomic E-state index is 6.21. The standard InChI is InChI=1S/C18H26ClNO3Si/c1-18(2,3)24(5,6)23-10-9-22-17-12-15-13(11-16(17)21-4)14(19)7-8-20-15/h7-8,11-12H,9-10H2,1-6H3. The van der Waals surface area contributed by atoms with E-state index in [0.29, 0.717) is 29.7 Å². The number of aromatic nitrogens is 1. The highest BCUT2D eigenvalue weighted by molar-refractivity contribution is 6.74. The van der Waals surface area contributed by atoms with E-state index in [1.807, 2.05) is 12.1 Å². The molecule has 1 aromatic heterocycles. The Morgan fingerprint density at radius 1 is 1.12 bits per heavy atom. The number of hydrogen-bond donors (Lipinski definition) is 0. The Hall–Kier alpha value is -1.30. The van der Waals surface area contributed by atoms with Crippen molar-refractivity contribution in [1.82, 2.24) is 4.98 Å². The molecule has 0 fully saturated rings. The normalized spacial score (nSPS) is 12.5. The molecule has 2 rings (SSSR count). The molecule has 0 aliphatic heterocycles. The van der Waals surface area contributed by atoms with Crippen molar-refractivity contribution in [2.45, 2.75) is 38.9 Å². The van der Waals surface area contributed by atoms with Crippen molar-refractivity contribution in [3.05, 3.63) is 29.4 Å². The van der Waals surface area contributed by atoms with Crippen molar-refractivity contribution in [2.24, 2.45) is 0 Å². The second-order valence-electron chi connectivity index (χ2n) is 7.27. The third kappa shape index (κ3) is 4.21. The molecule has 0 saturated heterocycles. The van der Waals surface area contributed by atoms with E-state index in [9.17, 15) is 0 Å². The number of pyridine rings is 1. The van der Waals surface area contributed by atoms with Gasteiger partial charge in [0.05, 0.1) is 24.3 Å². The van der Waals surface area contributed by atoms with E-state index >= 15 is 0 Å². The summed E-state index contributed by atoms with van der Waals surface area (Å²) >= 11 is 6.21. The molecule has 4 nitrogen and oxygen atoms in total. The van der Waals surface area contributed by atoms with E-state index in [1.165, 1.54) is 0 Å². The van der Waals surface area contributed by atoms with Crippen molar-refractivity contribution in [3.8, 4) is 11.5 Å². The van der Waals surface area contributed by atoms with E-state index in [4.69, 9.17) is 25.5 Å². The molecule has 0 N–H and O–H groups in total. The van der Waals surface area contributed by atoms with E-state index in [1.54, 1.807) is 19.4 Å². The molecule has 2 aromatic rings. The predicted octanol–water partition coefficient (Wildman–Crippen LogP) is 5.30. The lowest BCUT2D eigenvalue weighted by Gasteiger charge is -2.36. The van der Waals surface area contributed by atoms with Gasteiger partial charge in [-0.05, 0) is 30.3 Å². The zero-order chi connectivity index (χ0) is 18.0. The Bertz CT molecular complexity index is 713. The number of halogens is 1. The molecule has 1 heterocycles. The average Bonchev–Trinajstić information content (AvgIpc) is 2.50. The van der Waals surface area contributed by atoms with Gasteiger partial charge >= 0.3 is 0 Å². The highest BCUT2D eigenvalue weighted by Crippen LogP contribution is 2.37. The van der Waals surface area contributed by atoms with Crippen LogP contribution in [0.3, 0.4) is 0 Å². The third-order valence-corrected chi connectivity index (χ3v) is 9.45. The second kappa shape index (κ2) is 7.29. The van der Waals surface area contributed by atoms with Crippen LogP contribution in [0.5, 0.6) is 11.5 Å². The molecule has 0 radical (unpaired) electrons. The molecule has 0 aliphatic carbocycles. The number of fused-ring (bicyclic) bond motifs is 1. The lowest BCUT2D eigenvalue weighted by molar-refractivity contribution is 0.199. The van der Waals surface area contributed by atoms with Gasteiger partial charge in [-0.1, -0.05) is 32.4 Å². The Kier molecular flexibility index (Phi) is 5.78. The first-order chi connectivity index (χ1) is 11.2. The van der Waals surface area contributed by atoms with Crippen LogP contribution < -0.4 is 9.47 Å². The summed E-state index contributed by atoms with van der Waals surface area (Å²) < 4.78 is 17.4. The molecule has 0 unspecified atom stereocenters. The maximum absolute atomic E-state index is 6.21. The summed E-state index contributed by atoms with van der Waals surface area (Å²) in [5.41, 5.74) is 0.781. The van der Waals surface area contributed by atoms with Crippen molar-refractivity contribution >= 4 is 30.8 Å². The van der Waals surface area contributed by atoms with Gasteiger partial charge in [-0.25, -0.2) is 0 Å². The SMILES string of the molecule is COc1cc2c(Cl)ccnc2cc1OCCO[Si](C)(C)C(C)(C)C.